The standard InChI is InChI=1S/C10H4ClF2N2/c11-6-4-14-10(15-5-6)9-7(12)2-1-3-8(9)13/h1-4H. The molecule has 2 rings (SSSR count). The van der Waals surface area contributed by atoms with E-state index in [0.29, 0.717) is 0 Å². The van der Waals surface area contributed by atoms with E-state index in [9.17, 15) is 8.78 Å². The van der Waals surface area contributed by atoms with Gasteiger partial charge in [-0.1, -0.05) is 17.7 Å². The Morgan fingerprint density at radius 2 is 1.87 bits per heavy atom. The molecule has 15 heavy (non-hydrogen) atoms. The van der Waals surface area contributed by atoms with E-state index in [1.165, 1.54) is 12.3 Å². The average molecular weight is 226 g/mol. The van der Waals surface area contributed by atoms with Crippen molar-refractivity contribution < 1.29 is 8.78 Å². The summed E-state index contributed by atoms with van der Waals surface area (Å²) in [5, 5.41) is 0.190. The molecule has 0 amide bonds. The van der Waals surface area contributed by atoms with Gasteiger partial charge in [-0.25, -0.2) is 18.7 Å². The molecule has 0 unspecified atom stereocenters. The maximum Gasteiger partial charge on any atom is 0.165 e. The van der Waals surface area contributed by atoms with Crippen LogP contribution in [-0.4, -0.2) is 9.97 Å². The highest BCUT2D eigenvalue weighted by Crippen LogP contribution is 2.22. The Labute approximate surface area is 89.6 Å². The van der Waals surface area contributed by atoms with Gasteiger partial charge in [-0.15, -0.1) is 0 Å². The van der Waals surface area contributed by atoms with Crippen LogP contribution in [0.25, 0.3) is 11.4 Å². The van der Waals surface area contributed by atoms with E-state index in [2.05, 4.69) is 16.2 Å². The Hall–Kier alpha value is -1.55. The van der Waals surface area contributed by atoms with Gasteiger partial charge in [0, 0.05) is 0 Å². The summed E-state index contributed by atoms with van der Waals surface area (Å²) in [5.41, 5.74) is -0.273. The second-order valence-electron chi connectivity index (χ2n) is 2.75. The molecular weight excluding hydrogens is 222 g/mol. The summed E-state index contributed by atoms with van der Waals surface area (Å²) in [7, 11) is 0. The van der Waals surface area contributed by atoms with Crippen LogP contribution in [0.4, 0.5) is 8.78 Å². The smallest absolute Gasteiger partial charge is 0.165 e. The van der Waals surface area contributed by atoms with Gasteiger partial charge in [-0.05, 0) is 12.1 Å². The van der Waals surface area contributed by atoms with Crippen LogP contribution >= 0.6 is 11.6 Å². The van der Waals surface area contributed by atoms with Crippen LogP contribution in [0.1, 0.15) is 0 Å². The molecular formula is C10H4ClF2N2. The fourth-order valence-electron chi connectivity index (χ4n) is 1.11. The first kappa shape index (κ1) is 9.98. The van der Waals surface area contributed by atoms with Crippen LogP contribution in [0, 0.1) is 17.8 Å². The van der Waals surface area contributed by atoms with E-state index >= 15 is 0 Å². The zero-order valence-corrected chi connectivity index (χ0v) is 8.09. The molecule has 1 radical (unpaired) electrons. The van der Waals surface area contributed by atoms with Crippen molar-refractivity contribution >= 4 is 11.6 Å². The number of nitrogens with zero attached hydrogens (tertiary/aromatic N) is 2. The highest BCUT2D eigenvalue weighted by molar-refractivity contribution is 6.30. The lowest BCUT2D eigenvalue weighted by Gasteiger charge is -2.02. The highest BCUT2D eigenvalue weighted by Gasteiger charge is 2.13. The monoisotopic (exact) mass is 225 g/mol. The van der Waals surface area contributed by atoms with Gasteiger partial charge >= 0.3 is 0 Å². The molecule has 0 saturated heterocycles. The lowest BCUT2D eigenvalue weighted by atomic mass is 10.2. The number of hydrogen-bond donors (Lipinski definition) is 0. The van der Waals surface area contributed by atoms with Gasteiger partial charge in [-0.2, -0.15) is 0 Å². The molecule has 0 fully saturated rings. The van der Waals surface area contributed by atoms with E-state index in [1.807, 2.05) is 0 Å². The van der Waals surface area contributed by atoms with Crippen molar-refractivity contribution in [2.24, 2.45) is 0 Å². The van der Waals surface area contributed by atoms with Crippen LogP contribution in [0.5, 0.6) is 0 Å². The minimum absolute atomic E-state index is 0.0741. The summed E-state index contributed by atoms with van der Waals surface area (Å²) in [4.78, 5) is 7.34. The molecule has 0 aliphatic rings. The molecule has 0 N–H and O–H groups in total. The van der Waals surface area contributed by atoms with Crippen LogP contribution in [0.2, 0.25) is 5.02 Å². The van der Waals surface area contributed by atoms with Gasteiger partial charge in [-0.3, -0.25) is 0 Å². The van der Waals surface area contributed by atoms with E-state index in [0.717, 1.165) is 12.1 Å². The molecule has 2 aromatic rings. The molecule has 75 valence electrons. The minimum Gasteiger partial charge on any atom is -0.235 e. The molecule has 1 heterocycles. The fraction of sp³-hybridized carbons (Fsp3) is 0. The maximum absolute atomic E-state index is 13.3. The highest BCUT2D eigenvalue weighted by atomic mass is 35.5. The minimum atomic E-state index is -0.717. The summed E-state index contributed by atoms with van der Waals surface area (Å²) >= 11 is 5.51. The summed E-state index contributed by atoms with van der Waals surface area (Å²) in [6.45, 7) is 0. The Balaban J connectivity index is 2.58. The first-order valence-electron chi connectivity index (χ1n) is 4.03. The molecule has 2 nitrogen and oxygen atoms in total. The summed E-state index contributed by atoms with van der Waals surface area (Å²) in [6.07, 6.45) is 3.60. The van der Waals surface area contributed by atoms with E-state index in [1.54, 1.807) is 0 Å². The molecule has 0 atom stereocenters. The van der Waals surface area contributed by atoms with Crippen LogP contribution < -0.4 is 0 Å². The van der Waals surface area contributed by atoms with Crippen molar-refractivity contribution in [2.75, 3.05) is 0 Å². The first-order chi connectivity index (χ1) is 7.18. The topological polar surface area (TPSA) is 25.8 Å². The third kappa shape index (κ3) is 1.94. The molecule has 1 aromatic heterocycles. The normalized spacial score (nSPS) is 10.3. The number of rotatable bonds is 1. The predicted octanol–water partition coefficient (Wildman–Crippen LogP) is 2.88. The summed E-state index contributed by atoms with van der Waals surface area (Å²) < 4.78 is 26.5. The van der Waals surface area contributed by atoms with Crippen molar-refractivity contribution in [3.05, 3.63) is 47.2 Å². The van der Waals surface area contributed by atoms with Gasteiger partial charge in [0.15, 0.2) is 5.82 Å². The first-order valence-corrected chi connectivity index (χ1v) is 4.41. The van der Waals surface area contributed by atoms with Crippen LogP contribution in [-0.2, 0) is 0 Å². The molecule has 0 aliphatic carbocycles. The van der Waals surface area contributed by atoms with Gasteiger partial charge in [0.1, 0.15) is 17.8 Å². The number of hydrogen-bond acceptors (Lipinski definition) is 2. The third-order valence-corrected chi connectivity index (χ3v) is 1.94. The lowest BCUT2D eigenvalue weighted by Crippen LogP contribution is -1.95. The zero-order valence-electron chi connectivity index (χ0n) is 7.34. The van der Waals surface area contributed by atoms with Crippen molar-refractivity contribution in [2.45, 2.75) is 0 Å². The van der Waals surface area contributed by atoms with Gasteiger partial charge in [0.2, 0.25) is 0 Å². The number of aromatic nitrogens is 2. The van der Waals surface area contributed by atoms with Gasteiger partial charge < -0.3 is 0 Å². The molecule has 0 aliphatic heterocycles. The fourth-order valence-corrected chi connectivity index (χ4v) is 1.20. The van der Waals surface area contributed by atoms with Crippen molar-refractivity contribution in [3.8, 4) is 11.4 Å². The SMILES string of the molecule is Fc1cccc(F)c1-c1n[c]c(Cl)cn1. The summed E-state index contributed by atoms with van der Waals surface area (Å²) in [6, 6.07) is 3.54. The predicted molar refractivity (Wildman–Crippen MR) is 51.2 cm³/mol. The van der Waals surface area contributed by atoms with E-state index < -0.39 is 11.6 Å². The second-order valence-corrected chi connectivity index (χ2v) is 3.16. The second kappa shape index (κ2) is 3.90. The van der Waals surface area contributed by atoms with E-state index in [4.69, 9.17) is 11.6 Å². The zero-order chi connectivity index (χ0) is 10.8. The maximum atomic E-state index is 13.3. The molecule has 0 bridgehead atoms. The lowest BCUT2D eigenvalue weighted by molar-refractivity contribution is 0.587. The van der Waals surface area contributed by atoms with Crippen molar-refractivity contribution in [3.63, 3.8) is 0 Å². The van der Waals surface area contributed by atoms with Crippen LogP contribution in [0.3, 0.4) is 0 Å². The van der Waals surface area contributed by atoms with Crippen molar-refractivity contribution in [1.29, 1.82) is 0 Å². The molecule has 1 aromatic carbocycles. The Morgan fingerprint density at radius 1 is 1.20 bits per heavy atom. The molecule has 0 saturated carbocycles. The number of halogens is 3. The Bertz CT molecular complexity index is 465. The average Bonchev–Trinajstić information content (AvgIpc) is 2.20. The Morgan fingerprint density at radius 3 is 2.40 bits per heavy atom. The largest absolute Gasteiger partial charge is 0.235 e. The van der Waals surface area contributed by atoms with E-state index in [-0.39, 0.29) is 16.4 Å². The van der Waals surface area contributed by atoms with Crippen LogP contribution in [0.15, 0.2) is 24.4 Å². The van der Waals surface area contributed by atoms with Gasteiger partial charge in [0.25, 0.3) is 0 Å². The third-order valence-electron chi connectivity index (χ3n) is 1.76. The Kier molecular flexibility index (Phi) is 2.60. The summed E-state index contributed by atoms with van der Waals surface area (Å²) in [5.74, 6) is -1.51. The van der Waals surface area contributed by atoms with Crippen molar-refractivity contribution in [1.82, 2.24) is 9.97 Å². The van der Waals surface area contributed by atoms with Gasteiger partial charge in [0.05, 0.1) is 16.8 Å². The quantitative estimate of drug-likeness (QED) is 0.746. The number of benzene rings is 1. The molecule has 5 heteroatoms. The molecule has 0 spiro atoms.